The van der Waals surface area contributed by atoms with Crippen molar-refractivity contribution in [1.29, 1.82) is 0 Å². The molecule has 0 aliphatic carbocycles. The lowest BCUT2D eigenvalue weighted by molar-refractivity contribution is 0.452. The molecule has 0 amide bonds. The predicted octanol–water partition coefficient (Wildman–Crippen LogP) is 2.91. The highest BCUT2D eigenvalue weighted by Crippen LogP contribution is 2.31. The monoisotopic (exact) mass is 224 g/mol. The number of hydrogen-bond acceptors (Lipinski definition) is 3. The van der Waals surface area contributed by atoms with E-state index in [1.54, 1.807) is 0 Å². The second-order valence-corrected chi connectivity index (χ2v) is 6.21. The highest BCUT2D eigenvalue weighted by molar-refractivity contribution is 7.09. The molecule has 1 saturated heterocycles. The van der Waals surface area contributed by atoms with Crippen LogP contribution in [0.2, 0.25) is 0 Å². The molecule has 1 N–H and O–H groups in total. The molecular weight excluding hydrogens is 204 g/mol. The molecule has 0 bridgehead atoms. The van der Waals surface area contributed by atoms with Crippen molar-refractivity contribution in [3.05, 3.63) is 16.1 Å². The summed E-state index contributed by atoms with van der Waals surface area (Å²) in [5, 5.41) is 6.93. The molecule has 0 spiro atoms. The first-order valence-electron chi connectivity index (χ1n) is 5.74. The molecule has 3 heteroatoms. The predicted molar refractivity (Wildman–Crippen MR) is 65.7 cm³/mol. The normalized spacial score (nSPS) is 19.4. The largest absolute Gasteiger partial charge is 0.317 e. The van der Waals surface area contributed by atoms with Crippen LogP contribution >= 0.6 is 11.3 Å². The van der Waals surface area contributed by atoms with E-state index in [1.807, 2.05) is 11.3 Å². The van der Waals surface area contributed by atoms with Gasteiger partial charge in [-0.05, 0) is 25.9 Å². The number of piperidine rings is 1. The van der Waals surface area contributed by atoms with E-state index in [-0.39, 0.29) is 5.41 Å². The minimum atomic E-state index is 0.204. The molecule has 0 atom stereocenters. The molecule has 1 aliphatic rings. The Balaban J connectivity index is 2.12. The fraction of sp³-hybridized carbons (Fsp3) is 0.750. The average Bonchev–Trinajstić information content (AvgIpc) is 2.67. The average molecular weight is 224 g/mol. The van der Waals surface area contributed by atoms with Gasteiger partial charge >= 0.3 is 0 Å². The van der Waals surface area contributed by atoms with Crippen LogP contribution in [0, 0.1) is 0 Å². The lowest BCUT2D eigenvalue weighted by Crippen LogP contribution is -2.26. The van der Waals surface area contributed by atoms with Crippen LogP contribution < -0.4 is 5.32 Å². The fourth-order valence-electron chi connectivity index (χ4n) is 1.94. The molecule has 15 heavy (non-hydrogen) atoms. The van der Waals surface area contributed by atoms with Gasteiger partial charge in [-0.25, -0.2) is 4.98 Å². The van der Waals surface area contributed by atoms with E-state index in [0.717, 1.165) is 13.1 Å². The standard InChI is InChI=1S/C12H20N2S/c1-12(2,3)11-14-10(8-15-11)9-4-6-13-7-5-9/h8-9,13H,4-7H2,1-3H3. The third-order valence-corrected chi connectivity index (χ3v) is 4.21. The summed E-state index contributed by atoms with van der Waals surface area (Å²) in [5.74, 6) is 0.693. The maximum atomic E-state index is 4.80. The first-order valence-corrected chi connectivity index (χ1v) is 6.62. The van der Waals surface area contributed by atoms with Crippen molar-refractivity contribution in [3.63, 3.8) is 0 Å². The topological polar surface area (TPSA) is 24.9 Å². The van der Waals surface area contributed by atoms with E-state index >= 15 is 0 Å². The van der Waals surface area contributed by atoms with Gasteiger partial charge in [0.1, 0.15) is 0 Å². The van der Waals surface area contributed by atoms with Gasteiger partial charge in [0.15, 0.2) is 0 Å². The Kier molecular flexibility index (Phi) is 3.12. The summed E-state index contributed by atoms with van der Waals surface area (Å²) < 4.78 is 0. The molecule has 0 saturated carbocycles. The number of rotatable bonds is 1. The molecular formula is C12H20N2S. The third-order valence-electron chi connectivity index (χ3n) is 2.92. The number of thiazole rings is 1. The highest BCUT2D eigenvalue weighted by Gasteiger charge is 2.22. The fourth-order valence-corrected chi connectivity index (χ4v) is 2.93. The Hall–Kier alpha value is -0.410. The van der Waals surface area contributed by atoms with Gasteiger partial charge in [-0.2, -0.15) is 0 Å². The van der Waals surface area contributed by atoms with Gasteiger partial charge < -0.3 is 5.32 Å². The molecule has 0 unspecified atom stereocenters. The molecule has 1 aromatic rings. The van der Waals surface area contributed by atoms with Crippen LogP contribution in [0.25, 0.3) is 0 Å². The molecule has 1 aromatic heterocycles. The Morgan fingerprint density at radius 3 is 2.53 bits per heavy atom. The van der Waals surface area contributed by atoms with Gasteiger partial charge in [-0.15, -0.1) is 11.3 Å². The summed E-state index contributed by atoms with van der Waals surface area (Å²) in [5.41, 5.74) is 1.53. The second-order valence-electron chi connectivity index (χ2n) is 5.35. The zero-order valence-corrected chi connectivity index (χ0v) is 10.7. The van der Waals surface area contributed by atoms with Crippen LogP contribution in [-0.2, 0) is 5.41 Å². The number of nitrogens with zero attached hydrogens (tertiary/aromatic N) is 1. The van der Waals surface area contributed by atoms with Crippen molar-refractivity contribution in [2.45, 2.75) is 44.9 Å². The third kappa shape index (κ3) is 2.58. The quantitative estimate of drug-likeness (QED) is 0.793. The van der Waals surface area contributed by atoms with E-state index in [1.165, 1.54) is 23.5 Å². The van der Waals surface area contributed by atoms with Gasteiger partial charge in [0.2, 0.25) is 0 Å². The summed E-state index contributed by atoms with van der Waals surface area (Å²) in [4.78, 5) is 4.80. The van der Waals surface area contributed by atoms with Gasteiger partial charge in [0.05, 0.1) is 10.7 Å². The molecule has 2 heterocycles. The van der Waals surface area contributed by atoms with Gasteiger partial charge in [0.25, 0.3) is 0 Å². The van der Waals surface area contributed by atoms with Crippen LogP contribution in [0.1, 0.15) is 50.2 Å². The van der Waals surface area contributed by atoms with Crippen molar-refractivity contribution >= 4 is 11.3 Å². The summed E-state index contributed by atoms with van der Waals surface area (Å²) >= 11 is 1.82. The smallest absolute Gasteiger partial charge is 0.0981 e. The van der Waals surface area contributed by atoms with Crippen LogP contribution in [0.3, 0.4) is 0 Å². The molecule has 0 aromatic carbocycles. The zero-order valence-electron chi connectivity index (χ0n) is 9.84. The minimum absolute atomic E-state index is 0.204. The van der Waals surface area contributed by atoms with E-state index in [9.17, 15) is 0 Å². The van der Waals surface area contributed by atoms with Crippen molar-refractivity contribution in [1.82, 2.24) is 10.3 Å². The van der Waals surface area contributed by atoms with Crippen molar-refractivity contribution in [2.24, 2.45) is 0 Å². The Morgan fingerprint density at radius 2 is 2.00 bits per heavy atom. The van der Waals surface area contributed by atoms with Crippen LogP contribution in [0.15, 0.2) is 5.38 Å². The number of nitrogens with one attached hydrogen (secondary N) is 1. The van der Waals surface area contributed by atoms with E-state index in [0.29, 0.717) is 5.92 Å². The van der Waals surface area contributed by atoms with Gasteiger partial charge in [-0.3, -0.25) is 0 Å². The zero-order chi connectivity index (χ0) is 10.9. The second kappa shape index (κ2) is 4.22. The van der Waals surface area contributed by atoms with E-state index in [2.05, 4.69) is 31.5 Å². The number of hydrogen-bond donors (Lipinski definition) is 1. The van der Waals surface area contributed by atoms with E-state index < -0.39 is 0 Å². The first-order chi connectivity index (χ1) is 7.07. The molecule has 0 radical (unpaired) electrons. The number of aromatic nitrogens is 1. The SMILES string of the molecule is CC(C)(C)c1nc(C2CCNCC2)cs1. The molecule has 1 aliphatic heterocycles. The van der Waals surface area contributed by atoms with Gasteiger partial charge in [0, 0.05) is 16.7 Å². The maximum Gasteiger partial charge on any atom is 0.0981 e. The minimum Gasteiger partial charge on any atom is -0.317 e. The maximum absolute atomic E-state index is 4.80. The van der Waals surface area contributed by atoms with Crippen molar-refractivity contribution in [2.75, 3.05) is 13.1 Å². The Morgan fingerprint density at radius 1 is 1.33 bits per heavy atom. The van der Waals surface area contributed by atoms with Crippen molar-refractivity contribution in [3.8, 4) is 0 Å². The highest BCUT2D eigenvalue weighted by atomic mass is 32.1. The molecule has 2 nitrogen and oxygen atoms in total. The molecule has 1 fully saturated rings. The summed E-state index contributed by atoms with van der Waals surface area (Å²) in [6, 6.07) is 0. The lowest BCUT2D eigenvalue weighted by atomic mass is 9.94. The summed E-state index contributed by atoms with van der Waals surface area (Å²) in [6.45, 7) is 8.99. The summed E-state index contributed by atoms with van der Waals surface area (Å²) in [7, 11) is 0. The van der Waals surface area contributed by atoms with Crippen LogP contribution in [-0.4, -0.2) is 18.1 Å². The molecule has 84 valence electrons. The van der Waals surface area contributed by atoms with Crippen LogP contribution in [0.4, 0.5) is 0 Å². The molecule has 2 rings (SSSR count). The van der Waals surface area contributed by atoms with Crippen LogP contribution in [0.5, 0.6) is 0 Å². The Labute approximate surface area is 96.1 Å². The Bertz CT molecular complexity index is 319. The van der Waals surface area contributed by atoms with Crippen molar-refractivity contribution < 1.29 is 0 Å². The lowest BCUT2D eigenvalue weighted by Gasteiger charge is -2.21. The van der Waals surface area contributed by atoms with E-state index in [4.69, 9.17) is 4.98 Å². The first kappa shape index (κ1) is 11.1. The summed E-state index contributed by atoms with van der Waals surface area (Å²) in [6.07, 6.45) is 2.49. The van der Waals surface area contributed by atoms with Gasteiger partial charge in [-0.1, -0.05) is 20.8 Å².